The van der Waals surface area contributed by atoms with Crippen molar-refractivity contribution in [3.63, 3.8) is 0 Å². The van der Waals surface area contributed by atoms with Crippen molar-refractivity contribution in [1.82, 2.24) is 4.31 Å². The van der Waals surface area contributed by atoms with E-state index in [0.29, 0.717) is 0 Å². The first-order chi connectivity index (χ1) is 8.90. The summed E-state index contributed by atoms with van der Waals surface area (Å²) in [7, 11) is -3.17. The summed E-state index contributed by atoms with van der Waals surface area (Å²) in [5.74, 6) is -0.384. The number of carbonyl (C=O) groups excluding carboxylic acids is 1. The third-order valence-electron chi connectivity index (χ3n) is 3.03. The van der Waals surface area contributed by atoms with Crippen molar-refractivity contribution < 1.29 is 13.2 Å². The number of carbonyl (C=O) groups is 1. The molecule has 0 spiro atoms. The fourth-order valence-electron chi connectivity index (χ4n) is 1.82. The summed E-state index contributed by atoms with van der Waals surface area (Å²) < 4.78 is 23.7. The number of nitrogens with one attached hydrogen (secondary N) is 1. The van der Waals surface area contributed by atoms with E-state index in [1.165, 1.54) is 4.31 Å². The fourth-order valence-corrected chi connectivity index (χ4v) is 3.18. The predicted octanol–water partition coefficient (Wildman–Crippen LogP) is 1.24. The highest BCUT2D eigenvalue weighted by molar-refractivity contribution is 7.98. The predicted molar refractivity (Wildman–Crippen MR) is 76.8 cm³/mol. The minimum absolute atomic E-state index is 0.127. The van der Waals surface area contributed by atoms with E-state index >= 15 is 0 Å². The molecule has 7 heteroatoms. The molecule has 1 aromatic carbocycles. The SMILES string of the molecule is CSc1cccc(NC(=O)C2CN(S(C)(=O)=O)C2)c1. The molecule has 1 aromatic rings. The molecule has 1 N–H and O–H groups in total. The molecule has 0 bridgehead atoms. The van der Waals surface area contributed by atoms with Crippen molar-refractivity contribution in [2.24, 2.45) is 5.92 Å². The van der Waals surface area contributed by atoms with Gasteiger partial charge >= 0.3 is 0 Å². The first-order valence-corrected chi connectivity index (χ1v) is 8.87. The standard InChI is InChI=1S/C12H16N2O3S2/c1-18-11-5-3-4-10(6-11)13-12(15)9-7-14(8-9)19(2,16)17/h3-6,9H,7-8H2,1-2H3,(H,13,15). The lowest BCUT2D eigenvalue weighted by Gasteiger charge is -2.35. The minimum atomic E-state index is -3.17. The van der Waals surface area contributed by atoms with Crippen LogP contribution in [0.25, 0.3) is 0 Å². The van der Waals surface area contributed by atoms with Gasteiger partial charge in [0, 0.05) is 23.7 Å². The Balaban J connectivity index is 1.92. The molecule has 0 saturated carbocycles. The van der Waals surface area contributed by atoms with Crippen LogP contribution in [0, 0.1) is 5.92 Å². The van der Waals surface area contributed by atoms with Crippen LogP contribution in [-0.2, 0) is 14.8 Å². The van der Waals surface area contributed by atoms with Gasteiger partial charge in [-0.15, -0.1) is 11.8 Å². The van der Waals surface area contributed by atoms with Gasteiger partial charge in [0.05, 0.1) is 12.2 Å². The average Bonchev–Trinajstić information content (AvgIpc) is 2.25. The molecule has 5 nitrogen and oxygen atoms in total. The number of hydrogen-bond donors (Lipinski definition) is 1. The summed E-state index contributed by atoms with van der Waals surface area (Å²) in [5, 5.41) is 2.82. The molecule has 19 heavy (non-hydrogen) atoms. The van der Waals surface area contributed by atoms with E-state index in [4.69, 9.17) is 0 Å². The number of rotatable bonds is 4. The van der Waals surface area contributed by atoms with Gasteiger partial charge in [-0.3, -0.25) is 4.79 Å². The Morgan fingerprint density at radius 3 is 2.68 bits per heavy atom. The van der Waals surface area contributed by atoms with E-state index in [9.17, 15) is 13.2 Å². The topological polar surface area (TPSA) is 66.5 Å². The highest BCUT2D eigenvalue weighted by Gasteiger charge is 2.37. The molecular formula is C12H16N2O3S2. The number of hydrogen-bond acceptors (Lipinski definition) is 4. The first kappa shape index (κ1) is 14.4. The van der Waals surface area contributed by atoms with Crippen LogP contribution in [0.4, 0.5) is 5.69 Å². The number of thioether (sulfide) groups is 1. The summed E-state index contributed by atoms with van der Waals surface area (Å²) in [6.45, 7) is 0.541. The zero-order valence-corrected chi connectivity index (χ0v) is 12.4. The molecule has 1 aliphatic rings. The van der Waals surface area contributed by atoms with Gasteiger partial charge in [-0.25, -0.2) is 12.7 Å². The van der Waals surface area contributed by atoms with E-state index in [-0.39, 0.29) is 24.9 Å². The Hall–Kier alpha value is -1.05. The highest BCUT2D eigenvalue weighted by Crippen LogP contribution is 2.22. The van der Waals surface area contributed by atoms with E-state index in [2.05, 4.69) is 5.32 Å². The van der Waals surface area contributed by atoms with E-state index < -0.39 is 10.0 Å². The van der Waals surface area contributed by atoms with E-state index in [0.717, 1.165) is 16.8 Å². The third-order valence-corrected chi connectivity index (χ3v) is 4.99. The Morgan fingerprint density at radius 1 is 1.42 bits per heavy atom. The summed E-state index contributed by atoms with van der Waals surface area (Å²) >= 11 is 1.60. The molecule has 0 radical (unpaired) electrons. The van der Waals surface area contributed by atoms with Crippen molar-refractivity contribution >= 4 is 33.4 Å². The molecule has 0 atom stereocenters. The zero-order chi connectivity index (χ0) is 14.0. The van der Waals surface area contributed by atoms with E-state index in [1.807, 2.05) is 30.5 Å². The third kappa shape index (κ3) is 3.49. The fraction of sp³-hybridized carbons (Fsp3) is 0.417. The van der Waals surface area contributed by atoms with E-state index in [1.54, 1.807) is 11.8 Å². The first-order valence-electron chi connectivity index (χ1n) is 5.80. The number of nitrogens with zero attached hydrogens (tertiary/aromatic N) is 1. The molecule has 1 amide bonds. The van der Waals surface area contributed by atoms with Crippen molar-refractivity contribution in [2.45, 2.75) is 4.90 Å². The van der Waals surface area contributed by atoms with Gasteiger partial charge in [0.15, 0.2) is 0 Å². The van der Waals surface area contributed by atoms with Crippen LogP contribution >= 0.6 is 11.8 Å². The van der Waals surface area contributed by atoms with Gasteiger partial charge in [0.25, 0.3) is 0 Å². The van der Waals surface area contributed by atoms with Crippen LogP contribution < -0.4 is 5.32 Å². The molecule has 1 fully saturated rings. The second-order valence-electron chi connectivity index (χ2n) is 4.50. The van der Waals surface area contributed by atoms with Crippen LogP contribution in [0.1, 0.15) is 0 Å². The van der Waals surface area contributed by atoms with Crippen LogP contribution in [0.3, 0.4) is 0 Å². The molecule has 1 aliphatic heterocycles. The summed E-state index contributed by atoms with van der Waals surface area (Å²) in [5.41, 5.74) is 0.745. The number of anilines is 1. The lowest BCUT2D eigenvalue weighted by atomic mass is 10.0. The highest BCUT2D eigenvalue weighted by atomic mass is 32.2. The monoisotopic (exact) mass is 300 g/mol. The lowest BCUT2D eigenvalue weighted by Crippen LogP contribution is -2.53. The van der Waals surface area contributed by atoms with Crippen molar-refractivity contribution in [3.8, 4) is 0 Å². The van der Waals surface area contributed by atoms with Crippen LogP contribution in [0.15, 0.2) is 29.2 Å². The van der Waals surface area contributed by atoms with Crippen LogP contribution in [0.5, 0.6) is 0 Å². The second kappa shape index (κ2) is 5.52. The van der Waals surface area contributed by atoms with Crippen LogP contribution in [-0.4, -0.2) is 44.2 Å². The molecule has 0 aliphatic carbocycles. The molecule has 104 valence electrons. The summed E-state index contributed by atoms with van der Waals surface area (Å²) in [4.78, 5) is 13.0. The maximum atomic E-state index is 11.9. The van der Waals surface area contributed by atoms with Gasteiger partial charge in [-0.1, -0.05) is 6.07 Å². The van der Waals surface area contributed by atoms with Gasteiger partial charge in [-0.2, -0.15) is 0 Å². The van der Waals surface area contributed by atoms with Gasteiger partial charge in [0.1, 0.15) is 0 Å². The molecule has 0 aromatic heterocycles. The summed E-state index contributed by atoms with van der Waals surface area (Å²) in [6.07, 6.45) is 3.12. The van der Waals surface area contributed by atoms with Crippen LogP contribution in [0.2, 0.25) is 0 Å². The molecule has 1 saturated heterocycles. The molecule has 0 unspecified atom stereocenters. The normalized spacial score (nSPS) is 16.9. The Labute approximate surface area is 117 Å². The lowest BCUT2D eigenvalue weighted by molar-refractivity contribution is -0.122. The zero-order valence-electron chi connectivity index (χ0n) is 10.8. The largest absolute Gasteiger partial charge is 0.326 e. The maximum absolute atomic E-state index is 11.9. The van der Waals surface area contributed by atoms with Crippen molar-refractivity contribution in [2.75, 3.05) is 30.9 Å². The molecular weight excluding hydrogens is 284 g/mol. The van der Waals surface area contributed by atoms with Gasteiger partial charge in [0.2, 0.25) is 15.9 Å². The molecule has 1 heterocycles. The summed E-state index contributed by atoms with van der Waals surface area (Å²) in [6, 6.07) is 7.57. The smallest absolute Gasteiger partial charge is 0.230 e. The van der Waals surface area contributed by atoms with Crippen molar-refractivity contribution in [1.29, 1.82) is 0 Å². The second-order valence-corrected chi connectivity index (χ2v) is 7.36. The number of amides is 1. The maximum Gasteiger partial charge on any atom is 0.230 e. The Bertz CT molecular complexity index is 580. The van der Waals surface area contributed by atoms with Crippen molar-refractivity contribution in [3.05, 3.63) is 24.3 Å². The Morgan fingerprint density at radius 2 is 2.11 bits per heavy atom. The molecule has 2 rings (SSSR count). The minimum Gasteiger partial charge on any atom is -0.326 e. The average molecular weight is 300 g/mol. The quantitative estimate of drug-likeness (QED) is 0.850. The van der Waals surface area contributed by atoms with Gasteiger partial charge < -0.3 is 5.32 Å². The Kier molecular flexibility index (Phi) is 4.17. The van der Waals surface area contributed by atoms with Gasteiger partial charge in [-0.05, 0) is 24.5 Å². The number of sulfonamides is 1. The number of benzene rings is 1.